The molecule has 1 aliphatic carbocycles. The second kappa shape index (κ2) is 5.09. The Hall–Kier alpha value is -2.02. The number of amides is 1. The molecule has 18 heavy (non-hydrogen) atoms. The van der Waals surface area contributed by atoms with Gasteiger partial charge in [-0.1, -0.05) is 18.2 Å². The summed E-state index contributed by atoms with van der Waals surface area (Å²) < 4.78 is 0. The third kappa shape index (κ3) is 2.30. The first-order valence-corrected chi connectivity index (χ1v) is 5.95. The van der Waals surface area contributed by atoms with E-state index >= 15 is 0 Å². The van der Waals surface area contributed by atoms with Crippen LogP contribution in [-0.2, 0) is 9.59 Å². The molecule has 1 aliphatic heterocycles. The second-order valence-corrected chi connectivity index (χ2v) is 4.54. The van der Waals surface area contributed by atoms with Crippen molar-refractivity contribution in [3.8, 4) is 12.3 Å². The first kappa shape index (κ1) is 12.4. The number of allylic oxidation sites excluding steroid dienone is 3. The average Bonchev–Trinajstić information content (AvgIpc) is 2.72. The number of carboxylic acid groups (broad SMARTS) is 1. The minimum absolute atomic E-state index is 0.166. The fourth-order valence-corrected chi connectivity index (χ4v) is 2.43. The molecule has 1 saturated heterocycles. The van der Waals surface area contributed by atoms with Gasteiger partial charge >= 0.3 is 5.97 Å². The number of aliphatic carboxylic acids is 1. The summed E-state index contributed by atoms with van der Waals surface area (Å²) in [4.78, 5) is 24.7. The van der Waals surface area contributed by atoms with Crippen LogP contribution in [0.4, 0.5) is 0 Å². The van der Waals surface area contributed by atoms with Gasteiger partial charge in [-0.3, -0.25) is 4.79 Å². The van der Waals surface area contributed by atoms with Crippen LogP contribution in [0.3, 0.4) is 0 Å². The summed E-state index contributed by atoms with van der Waals surface area (Å²) in [6.07, 6.45) is 12.7. The van der Waals surface area contributed by atoms with Gasteiger partial charge in [0.15, 0.2) is 6.04 Å². The Morgan fingerprint density at radius 2 is 2.33 bits per heavy atom. The number of carboxylic acids is 1. The number of hydrogen-bond donors (Lipinski definition) is 1. The van der Waals surface area contributed by atoms with E-state index in [2.05, 4.69) is 5.92 Å². The molecule has 2 aliphatic rings. The minimum atomic E-state index is -0.984. The average molecular weight is 245 g/mol. The van der Waals surface area contributed by atoms with Crippen LogP contribution in [0.15, 0.2) is 23.8 Å². The number of carbonyl (C=O) groups excluding carboxylic acids is 1. The van der Waals surface area contributed by atoms with Crippen molar-refractivity contribution in [1.29, 1.82) is 0 Å². The van der Waals surface area contributed by atoms with Gasteiger partial charge in [0.05, 0.1) is 0 Å². The van der Waals surface area contributed by atoms with E-state index in [1.165, 1.54) is 4.90 Å². The van der Waals surface area contributed by atoms with E-state index in [1.807, 2.05) is 18.2 Å². The highest BCUT2D eigenvalue weighted by Gasteiger charge is 2.38. The van der Waals surface area contributed by atoms with Gasteiger partial charge in [-0.25, -0.2) is 4.79 Å². The maximum atomic E-state index is 11.9. The van der Waals surface area contributed by atoms with Crippen molar-refractivity contribution >= 4 is 11.9 Å². The van der Waals surface area contributed by atoms with Crippen molar-refractivity contribution in [1.82, 2.24) is 4.90 Å². The molecule has 2 atom stereocenters. The van der Waals surface area contributed by atoms with Crippen molar-refractivity contribution in [2.24, 2.45) is 5.92 Å². The maximum Gasteiger partial charge on any atom is 0.330 e. The molecule has 94 valence electrons. The zero-order valence-electron chi connectivity index (χ0n) is 10.0. The summed E-state index contributed by atoms with van der Waals surface area (Å²) in [5, 5.41) is 9.35. The van der Waals surface area contributed by atoms with E-state index in [0.29, 0.717) is 13.0 Å². The van der Waals surface area contributed by atoms with Crippen molar-refractivity contribution in [3.63, 3.8) is 0 Å². The lowest BCUT2D eigenvalue weighted by Gasteiger charge is -2.27. The monoisotopic (exact) mass is 245 g/mol. The Balaban J connectivity index is 2.21. The molecule has 0 spiro atoms. The Kier molecular flexibility index (Phi) is 3.52. The Morgan fingerprint density at radius 3 is 2.83 bits per heavy atom. The second-order valence-electron chi connectivity index (χ2n) is 4.54. The molecule has 0 bridgehead atoms. The molecular weight excluding hydrogens is 230 g/mol. The Bertz CT molecular complexity index is 470. The molecule has 1 N–H and O–H groups in total. The predicted molar refractivity (Wildman–Crippen MR) is 66.5 cm³/mol. The van der Waals surface area contributed by atoms with E-state index in [-0.39, 0.29) is 18.2 Å². The van der Waals surface area contributed by atoms with Crippen LogP contribution < -0.4 is 0 Å². The van der Waals surface area contributed by atoms with Crippen LogP contribution in [0.5, 0.6) is 0 Å². The molecule has 1 fully saturated rings. The third-order valence-corrected chi connectivity index (χ3v) is 3.33. The summed E-state index contributed by atoms with van der Waals surface area (Å²) in [5.41, 5.74) is 0.774. The van der Waals surface area contributed by atoms with Crippen molar-refractivity contribution in [2.75, 3.05) is 6.54 Å². The van der Waals surface area contributed by atoms with Gasteiger partial charge in [-0.2, -0.15) is 0 Å². The highest BCUT2D eigenvalue weighted by molar-refractivity contribution is 5.87. The summed E-state index contributed by atoms with van der Waals surface area (Å²) in [6, 6.07) is -0.860. The molecule has 0 aromatic heterocycles. The third-order valence-electron chi connectivity index (χ3n) is 3.33. The standard InChI is InChI=1S/C14H15NO3/c1-2-10-8-12(16)15(9-10)13(14(17)18)11-6-4-3-5-7-11/h1,3-4,7,10,13H,5-6,8-9H2,(H,17,18)/t10?,13-/m1/s1. The van der Waals surface area contributed by atoms with E-state index in [0.717, 1.165) is 12.0 Å². The minimum Gasteiger partial charge on any atom is -0.479 e. The fraction of sp³-hybridized carbons (Fsp3) is 0.429. The van der Waals surface area contributed by atoms with E-state index < -0.39 is 12.0 Å². The number of nitrogens with zero attached hydrogens (tertiary/aromatic N) is 1. The molecule has 0 aromatic rings. The molecule has 4 heteroatoms. The topological polar surface area (TPSA) is 57.6 Å². The van der Waals surface area contributed by atoms with E-state index in [4.69, 9.17) is 6.42 Å². The molecule has 0 aromatic carbocycles. The molecular formula is C14H15NO3. The summed E-state index contributed by atoms with van der Waals surface area (Å²) in [7, 11) is 0. The summed E-state index contributed by atoms with van der Waals surface area (Å²) in [6.45, 7) is 0.341. The molecule has 1 heterocycles. The van der Waals surface area contributed by atoms with E-state index in [1.54, 1.807) is 0 Å². The zero-order valence-corrected chi connectivity index (χ0v) is 10.0. The smallest absolute Gasteiger partial charge is 0.330 e. The number of hydrogen-bond acceptors (Lipinski definition) is 2. The maximum absolute atomic E-state index is 11.9. The van der Waals surface area contributed by atoms with Crippen LogP contribution >= 0.6 is 0 Å². The lowest BCUT2D eigenvalue weighted by atomic mass is 9.97. The molecule has 0 radical (unpaired) electrons. The molecule has 2 rings (SSSR count). The number of likely N-dealkylation sites (tertiary alicyclic amines) is 1. The Labute approximate surface area is 106 Å². The highest BCUT2D eigenvalue weighted by atomic mass is 16.4. The number of carbonyl (C=O) groups is 2. The Morgan fingerprint density at radius 1 is 1.56 bits per heavy atom. The van der Waals surface area contributed by atoms with Crippen molar-refractivity contribution < 1.29 is 14.7 Å². The van der Waals surface area contributed by atoms with Crippen LogP contribution in [-0.4, -0.2) is 34.5 Å². The first-order valence-electron chi connectivity index (χ1n) is 5.95. The van der Waals surface area contributed by atoms with Gasteiger partial charge in [0.25, 0.3) is 0 Å². The summed E-state index contributed by atoms with van der Waals surface area (Å²) in [5.74, 6) is 1.21. The lowest BCUT2D eigenvalue weighted by Crippen LogP contribution is -2.43. The zero-order chi connectivity index (χ0) is 13.1. The molecule has 1 amide bonds. The molecule has 0 saturated carbocycles. The van der Waals surface area contributed by atoms with Crippen LogP contribution in [0.1, 0.15) is 19.3 Å². The SMILES string of the molecule is C#CC1CC(=O)N([C@@H](C(=O)O)C2=CCC=CC2)C1. The van der Waals surface area contributed by atoms with Crippen LogP contribution in [0.25, 0.3) is 0 Å². The normalized spacial score (nSPS) is 24.6. The van der Waals surface area contributed by atoms with Gasteiger partial charge in [0.2, 0.25) is 5.91 Å². The quantitative estimate of drug-likeness (QED) is 0.600. The number of terminal acetylenes is 1. The first-order chi connectivity index (χ1) is 8.63. The predicted octanol–water partition coefficient (Wildman–Crippen LogP) is 1.20. The van der Waals surface area contributed by atoms with E-state index in [9.17, 15) is 14.7 Å². The van der Waals surface area contributed by atoms with Gasteiger partial charge in [0.1, 0.15) is 0 Å². The van der Waals surface area contributed by atoms with Crippen LogP contribution in [0.2, 0.25) is 0 Å². The number of rotatable bonds is 3. The van der Waals surface area contributed by atoms with Crippen molar-refractivity contribution in [3.05, 3.63) is 23.8 Å². The van der Waals surface area contributed by atoms with Gasteiger partial charge in [-0.05, 0) is 18.4 Å². The summed E-state index contributed by atoms with van der Waals surface area (Å²) >= 11 is 0. The lowest BCUT2D eigenvalue weighted by molar-refractivity contribution is -0.146. The largest absolute Gasteiger partial charge is 0.479 e. The molecule has 1 unspecified atom stereocenters. The van der Waals surface area contributed by atoms with Gasteiger partial charge in [-0.15, -0.1) is 12.3 Å². The van der Waals surface area contributed by atoms with Gasteiger partial charge < -0.3 is 10.0 Å². The fourth-order valence-electron chi connectivity index (χ4n) is 2.43. The van der Waals surface area contributed by atoms with Gasteiger partial charge in [0, 0.05) is 18.9 Å². The van der Waals surface area contributed by atoms with Crippen molar-refractivity contribution in [2.45, 2.75) is 25.3 Å². The highest BCUT2D eigenvalue weighted by Crippen LogP contribution is 2.26. The molecule has 4 nitrogen and oxygen atoms in total. The van der Waals surface area contributed by atoms with Crippen LogP contribution in [0, 0.1) is 18.3 Å².